The predicted octanol–water partition coefficient (Wildman–Crippen LogP) is 2.43. The lowest BCUT2D eigenvalue weighted by atomic mass is 9.86. The molecule has 1 fully saturated rings. The van der Waals surface area contributed by atoms with Crippen LogP contribution in [0.1, 0.15) is 53.9 Å². The van der Waals surface area contributed by atoms with Gasteiger partial charge in [-0.2, -0.15) is 0 Å². The normalized spacial score (nSPS) is 28.7. The fourth-order valence-electron chi connectivity index (χ4n) is 3.08. The molecule has 0 aliphatic heterocycles. The number of nitrogens with zero attached hydrogens (tertiary/aromatic N) is 1. The molecule has 4 heteroatoms. The third-order valence-electron chi connectivity index (χ3n) is 5.07. The first-order valence-corrected chi connectivity index (χ1v) is 7.76. The molecule has 1 rings (SSSR count). The second-order valence-corrected chi connectivity index (χ2v) is 7.16. The Morgan fingerprint density at radius 3 is 2.55 bits per heavy atom. The molecule has 3 atom stereocenters. The van der Waals surface area contributed by atoms with Gasteiger partial charge in [0.05, 0.1) is 6.61 Å². The number of ether oxygens (including phenoxy) is 1. The fraction of sp³-hybridized carbons (Fsp3) is 0.938. The molecule has 20 heavy (non-hydrogen) atoms. The number of esters is 1. The highest BCUT2D eigenvalue weighted by atomic mass is 16.5. The summed E-state index contributed by atoms with van der Waals surface area (Å²) >= 11 is 0. The first-order chi connectivity index (χ1) is 9.18. The van der Waals surface area contributed by atoms with E-state index in [0.717, 1.165) is 19.3 Å². The van der Waals surface area contributed by atoms with Crippen LogP contribution in [0.2, 0.25) is 0 Å². The van der Waals surface area contributed by atoms with Crippen molar-refractivity contribution in [1.29, 1.82) is 0 Å². The van der Waals surface area contributed by atoms with Crippen LogP contribution in [0.15, 0.2) is 0 Å². The first-order valence-electron chi connectivity index (χ1n) is 7.76. The van der Waals surface area contributed by atoms with Gasteiger partial charge in [0, 0.05) is 12.1 Å². The molecule has 1 aliphatic rings. The summed E-state index contributed by atoms with van der Waals surface area (Å²) < 4.78 is 5.26. The summed E-state index contributed by atoms with van der Waals surface area (Å²) in [7, 11) is 4.05. The van der Waals surface area contributed by atoms with Gasteiger partial charge in [-0.3, -0.25) is 4.79 Å². The van der Waals surface area contributed by atoms with Crippen molar-refractivity contribution in [3.05, 3.63) is 0 Å². The van der Waals surface area contributed by atoms with Crippen molar-refractivity contribution >= 4 is 5.97 Å². The minimum Gasteiger partial charge on any atom is -0.465 e. The largest absolute Gasteiger partial charge is 0.465 e. The van der Waals surface area contributed by atoms with Gasteiger partial charge in [-0.05, 0) is 52.6 Å². The third kappa shape index (κ3) is 3.53. The summed E-state index contributed by atoms with van der Waals surface area (Å²) in [6.45, 7) is 11.4. The number of hydrogen-bond donors (Lipinski definition) is 1. The Labute approximate surface area is 124 Å². The first kappa shape index (κ1) is 17.4. The Balaban J connectivity index is 2.77. The van der Waals surface area contributed by atoms with Crippen LogP contribution in [0.3, 0.4) is 0 Å². The molecule has 1 aliphatic carbocycles. The van der Waals surface area contributed by atoms with Gasteiger partial charge in [0.25, 0.3) is 0 Å². The van der Waals surface area contributed by atoms with Crippen LogP contribution in [0.4, 0.5) is 0 Å². The highest BCUT2D eigenvalue weighted by Gasteiger charge is 2.47. The van der Waals surface area contributed by atoms with Crippen molar-refractivity contribution in [2.45, 2.75) is 71.5 Å². The van der Waals surface area contributed by atoms with Crippen LogP contribution in [0, 0.1) is 5.41 Å². The highest BCUT2D eigenvalue weighted by molar-refractivity contribution is 5.81. The van der Waals surface area contributed by atoms with E-state index in [0.29, 0.717) is 18.7 Å². The van der Waals surface area contributed by atoms with Crippen LogP contribution in [-0.4, -0.2) is 49.2 Å². The van der Waals surface area contributed by atoms with E-state index in [1.807, 2.05) is 14.0 Å². The van der Waals surface area contributed by atoms with Crippen LogP contribution in [-0.2, 0) is 9.53 Å². The van der Waals surface area contributed by atoms with E-state index < -0.39 is 5.54 Å². The summed E-state index contributed by atoms with van der Waals surface area (Å²) in [6, 6.07) is 0.906. The smallest absolute Gasteiger partial charge is 0.326 e. The van der Waals surface area contributed by atoms with Crippen molar-refractivity contribution in [2.75, 3.05) is 20.7 Å². The second-order valence-electron chi connectivity index (χ2n) is 7.16. The molecule has 0 spiro atoms. The van der Waals surface area contributed by atoms with E-state index in [1.165, 1.54) is 0 Å². The Kier molecular flexibility index (Phi) is 5.61. The maximum atomic E-state index is 12.2. The SMILES string of the molecule is CCOC(=O)C1(NC)CCC(N(C)C(C)C(C)(C)C)C1. The monoisotopic (exact) mass is 284 g/mol. The third-order valence-corrected chi connectivity index (χ3v) is 5.07. The number of nitrogens with one attached hydrogen (secondary N) is 1. The van der Waals surface area contributed by atoms with Crippen molar-refractivity contribution < 1.29 is 9.53 Å². The molecule has 0 bridgehead atoms. The van der Waals surface area contributed by atoms with Crippen LogP contribution in [0.5, 0.6) is 0 Å². The molecular weight excluding hydrogens is 252 g/mol. The highest BCUT2D eigenvalue weighted by Crippen LogP contribution is 2.36. The summed E-state index contributed by atoms with van der Waals surface area (Å²) in [5.74, 6) is -0.0955. The fourth-order valence-corrected chi connectivity index (χ4v) is 3.08. The van der Waals surface area contributed by atoms with Gasteiger partial charge < -0.3 is 15.0 Å². The zero-order valence-electron chi connectivity index (χ0n) is 14.2. The van der Waals surface area contributed by atoms with E-state index >= 15 is 0 Å². The summed E-state index contributed by atoms with van der Waals surface area (Å²) in [4.78, 5) is 14.7. The Hall–Kier alpha value is -0.610. The Morgan fingerprint density at radius 1 is 1.50 bits per heavy atom. The molecule has 0 saturated heterocycles. The number of carbonyl (C=O) groups is 1. The lowest BCUT2D eigenvalue weighted by molar-refractivity contribution is -0.151. The molecule has 3 unspecified atom stereocenters. The standard InChI is InChI=1S/C16H32N2O2/c1-8-20-14(19)16(17-6)10-9-13(11-16)18(7)12(2)15(3,4)5/h12-13,17H,8-11H2,1-7H3. The number of carbonyl (C=O) groups excluding carboxylic acids is 1. The molecule has 1 N–H and O–H groups in total. The quantitative estimate of drug-likeness (QED) is 0.787. The number of likely N-dealkylation sites (N-methyl/N-ethyl adjacent to an activating group) is 1. The molecule has 0 radical (unpaired) electrons. The molecule has 0 aromatic heterocycles. The van der Waals surface area contributed by atoms with Crippen LogP contribution < -0.4 is 5.32 Å². The molecule has 0 aromatic rings. The average molecular weight is 284 g/mol. The van der Waals surface area contributed by atoms with Gasteiger partial charge in [-0.25, -0.2) is 0 Å². The van der Waals surface area contributed by atoms with Gasteiger partial charge in [0.1, 0.15) is 5.54 Å². The average Bonchev–Trinajstić information content (AvgIpc) is 2.82. The minimum absolute atomic E-state index is 0.0955. The molecule has 0 amide bonds. The van der Waals surface area contributed by atoms with Gasteiger partial charge in [-0.15, -0.1) is 0 Å². The molecule has 118 valence electrons. The summed E-state index contributed by atoms with van der Waals surface area (Å²) in [5, 5.41) is 3.22. The lowest BCUT2D eigenvalue weighted by Gasteiger charge is -2.39. The van der Waals surface area contributed by atoms with Gasteiger partial charge in [-0.1, -0.05) is 20.8 Å². The van der Waals surface area contributed by atoms with Gasteiger partial charge in [0.2, 0.25) is 0 Å². The Morgan fingerprint density at radius 2 is 2.10 bits per heavy atom. The second kappa shape index (κ2) is 6.44. The molecular formula is C16H32N2O2. The predicted molar refractivity (Wildman–Crippen MR) is 82.7 cm³/mol. The van der Waals surface area contributed by atoms with E-state index in [1.54, 1.807) is 0 Å². The molecule has 1 saturated carbocycles. The topological polar surface area (TPSA) is 41.6 Å². The summed E-state index contributed by atoms with van der Waals surface area (Å²) in [5.41, 5.74) is -0.254. The van der Waals surface area contributed by atoms with E-state index in [2.05, 4.69) is 45.0 Å². The summed E-state index contributed by atoms with van der Waals surface area (Å²) in [6.07, 6.45) is 2.73. The molecule has 0 heterocycles. The van der Waals surface area contributed by atoms with Crippen molar-refractivity contribution in [3.63, 3.8) is 0 Å². The zero-order chi connectivity index (χ0) is 15.6. The maximum absolute atomic E-state index is 12.2. The van der Waals surface area contributed by atoms with E-state index in [4.69, 9.17) is 4.74 Å². The maximum Gasteiger partial charge on any atom is 0.326 e. The number of rotatable bonds is 5. The van der Waals surface area contributed by atoms with E-state index in [-0.39, 0.29) is 11.4 Å². The van der Waals surface area contributed by atoms with Crippen molar-refractivity contribution in [1.82, 2.24) is 10.2 Å². The Bertz CT molecular complexity index is 338. The lowest BCUT2D eigenvalue weighted by Crippen LogP contribution is -2.51. The van der Waals surface area contributed by atoms with Gasteiger partial charge in [0.15, 0.2) is 0 Å². The molecule has 4 nitrogen and oxygen atoms in total. The van der Waals surface area contributed by atoms with Crippen LogP contribution >= 0.6 is 0 Å². The minimum atomic E-state index is -0.494. The van der Waals surface area contributed by atoms with E-state index in [9.17, 15) is 4.79 Å². The van der Waals surface area contributed by atoms with Crippen molar-refractivity contribution in [2.24, 2.45) is 5.41 Å². The van der Waals surface area contributed by atoms with Crippen LogP contribution in [0.25, 0.3) is 0 Å². The zero-order valence-corrected chi connectivity index (χ0v) is 14.2. The van der Waals surface area contributed by atoms with Crippen molar-refractivity contribution in [3.8, 4) is 0 Å². The van der Waals surface area contributed by atoms with Gasteiger partial charge >= 0.3 is 5.97 Å². The molecule has 0 aromatic carbocycles. The number of hydrogen-bond acceptors (Lipinski definition) is 4.